The first-order valence-electron chi connectivity index (χ1n) is 14.5. The molecule has 2 N–H and O–H groups in total. The van der Waals surface area contributed by atoms with E-state index in [1.54, 1.807) is 18.9 Å². The van der Waals surface area contributed by atoms with E-state index in [0.29, 0.717) is 29.0 Å². The van der Waals surface area contributed by atoms with Gasteiger partial charge >= 0.3 is 5.97 Å². The van der Waals surface area contributed by atoms with Crippen molar-refractivity contribution in [3.63, 3.8) is 0 Å². The summed E-state index contributed by atoms with van der Waals surface area (Å²) < 4.78 is 5.62. The second-order valence-electron chi connectivity index (χ2n) is 11.1. The third-order valence-corrected chi connectivity index (χ3v) is 10.4. The summed E-state index contributed by atoms with van der Waals surface area (Å²) in [6.07, 6.45) is 10.3. The van der Waals surface area contributed by atoms with E-state index in [4.69, 9.17) is 4.74 Å². The highest BCUT2D eigenvalue weighted by atomic mass is 32.2. The first-order chi connectivity index (χ1) is 19.4. The number of nitrogens with one attached hydrogen (secondary N) is 1. The molecule has 1 aliphatic carbocycles. The maximum atomic E-state index is 13.4. The van der Waals surface area contributed by atoms with E-state index in [9.17, 15) is 14.7 Å². The number of carboxylic acid groups (broad SMARTS) is 1. The van der Waals surface area contributed by atoms with Gasteiger partial charge in [-0.15, -0.1) is 0 Å². The average molecular weight is 585 g/mol. The molecule has 1 heterocycles. The van der Waals surface area contributed by atoms with Gasteiger partial charge in [-0.05, 0) is 79.0 Å². The molecule has 6 nitrogen and oxygen atoms in total. The number of aryl methyl sites for hydroxylation is 1. The number of benzene rings is 2. The largest absolute Gasteiger partial charge is 0.480 e. The van der Waals surface area contributed by atoms with Gasteiger partial charge in [-0.2, -0.15) is 23.5 Å². The molecule has 0 unspecified atom stereocenters. The van der Waals surface area contributed by atoms with Crippen LogP contribution in [-0.4, -0.2) is 76.7 Å². The highest BCUT2D eigenvalue weighted by Gasteiger charge is 2.34. The van der Waals surface area contributed by atoms with Crippen LogP contribution in [0.2, 0.25) is 0 Å². The molecule has 2 aliphatic rings. The molecule has 40 heavy (non-hydrogen) atoms. The summed E-state index contributed by atoms with van der Waals surface area (Å²) in [4.78, 5) is 27.8. The Hall–Kier alpha value is -2.00. The van der Waals surface area contributed by atoms with Crippen LogP contribution in [0, 0.1) is 6.92 Å². The second kappa shape index (κ2) is 15.3. The van der Waals surface area contributed by atoms with Crippen LogP contribution in [-0.2, 0) is 16.1 Å². The fourth-order valence-electron chi connectivity index (χ4n) is 6.02. The quantitative estimate of drug-likeness (QED) is 0.288. The van der Waals surface area contributed by atoms with Crippen molar-refractivity contribution in [3.05, 3.63) is 59.2 Å². The lowest BCUT2D eigenvalue weighted by atomic mass is 9.93. The zero-order valence-corrected chi connectivity index (χ0v) is 25.7. The smallest absolute Gasteiger partial charge is 0.326 e. The van der Waals surface area contributed by atoms with Crippen LogP contribution in [0.25, 0.3) is 11.1 Å². The molecule has 1 saturated heterocycles. The lowest BCUT2D eigenvalue weighted by molar-refractivity contribution is -0.139. The molecule has 218 valence electrons. The highest BCUT2D eigenvalue weighted by molar-refractivity contribution is 8.00. The molecule has 0 bridgehead atoms. The van der Waals surface area contributed by atoms with Gasteiger partial charge in [0.05, 0.1) is 6.61 Å². The van der Waals surface area contributed by atoms with Crippen molar-refractivity contribution in [2.45, 2.75) is 81.0 Å². The van der Waals surface area contributed by atoms with Crippen LogP contribution in [0.3, 0.4) is 0 Å². The molecule has 1 saturated carbocycles. The molecule has 1 amide bonds. The standard InChI is InChI=1S/C32H44N2O4S2/c1-22-9-7-8-12-27(22)29-17-23(13-14-28(29)31(35)33-30(32(36)37)15-16-39-3)19-34-20-26(18-24(34)21-38-2)40-25-10-5-4-6-11-25/h7-9,12-14,17,24-26,30H,4-6,10-11,15-16,18-21H2,1-3H3,(H,33,35)(H,36,37)/t24-,26-,30-/m0/s1. The Morgan fingerprint density at radius 3 is 2.58 bits per heavy atom. The number of carbonyl (C=O) groups is 2. The number of aliphatic carboxylic acids is 1. The number of thioether (sulfide) groups is 2. The number of ether oxygens (including phenoxy) is 1. The average Bonchev–Trinajstić information content (AvgIpc) is 3.31. The Bertz CT molecular complexity index is 1140. The van der Waals surface area contributed by atoms with E-state index < -0.39 is 12.0 Å². The number of likely N-dealkylation sites (tertiary alicyclic amines) is 1. The van der Waals surface area contributed by atoms with Crippen molar-refractivity contribution in [2.75, 3.05) is 32.3 Å². The summed E-state index contributed by atoms with van der Waals surface area (Å²) in [7, 11) is 1.78. The van der Waals surface area contributed by atoms with Crippen LogP contribution in [0.15, 0.2) is 42.5 Å². The molecular formula is C32H44N2O4S2. The van der Waals surface area contributed by atoms with Crippen molar-refractivity contribution in [2.24, 2.45) is 0 Å². The van der Waals surface area contributed by atoms with Crippen molar-refractivity contribution in [3.8, 4) is 11.1 Å². The predicted octanol–water partition coefficient (Wildman–Crippen LogP) is 6.25. The summed E-state index contributed by atoms with van der Waals surface area (Å²) in [6.45, 7) is 4.61. The van der Waals surface area contributed by atoms with Crippen LogP contribution in [0.5, 0.6) is 0 Å². The zero-order chi connectivity index (χ0) is 28.5. The van der Waals surface area contributed by atoms with E-state index in [1.807, 2.05) is 49.6 Å². The van der Waals surface area contributed by atoms with E-state index in [-0.39, 0.29) is 5.91 Å². The minimum atomic E-state index is -1.00. The molecule has 1 aliphatic heterocycles. The van der Waals surface area contributed by atoms with Crippen molar-refractivity contribution < 1.29 is 19.4 Å². The summed E-state index contributed by atoms with van der Waals surface area (Å²) in [5.74, 6) is -0.685. The fourth-order valence-corrected chi connectivity index (χ4v) is 8.25. The SMILES string of the molecule is COC[C@@H]1C[C@H](SC2CCCCC2)CN1Cc1ccc(C(=O)N[C@@H](CCSC)C(=O)O)c(-c2ccccc2C)c1. The molecule has 0 spiro atoms. The Morgan fingerprint density at radius 1 is 1.10 bits per heavy atom. The molecule has 4 rings (SSSR count). The lowest BCUT2D eigenvalue weighted by Crippen LogP contribution is -2.41. The minimum Gasteiger partial charge on any atom is -0.480 e. The number of nitrogens with zero attached hydrogens (tertiary/aromatic N) is 1. The third-order valence-electron chi connectivity index (χ3n) is 8.15. The van der Waals surface area contributed by atoms with Gasteiger partial charge in [-0.1, -0.05) is 49.6 Å². The Labute approximate surface area is 248 Å². The van der Waals surface area contributed by atoms with Crippen LogP contribution in [0.1, 0.15) is 66.4 Å². The number of hydrogen-bond donors (Lipinski definition) is 2. The maximum absolute atomic E-state index is 13.4. The molecule has 8 heteroatoms. The van der Waals surface area contributed by atoms with E-state index in [2.05, 4.69) is 28.0 Å². The number of rotatable bonds is 13. The molecule has 3 atom stereocenters. The van der Waals surface area contributed by atoms with Crippen molar-refractivity contribution in [1.29, 1.82) is 0 Å². The first-order valence-corrected chi connectivity index (χ1v) is 16.8. The number of carbonyl (C=O) groups excluding carboxylic acids is 1. The predicted molar refractivity (Wildman–Crippen MR) is 167 cm³/mol. The van der Waals surface area contributed by atoms with Crippen molar-refractivity contribution in [1.82, 2.24) is 10.2 Å². The summed E-state index contributed by atoms with van der Waals surface area (Å²) >= 11 is 3.77. The molecule has 2 aromatic carbocycles. The van der Waals surface area contributed by atoms with Gasteiger partial charge in [0.25, 0.3) is 5.91 Å². The monoisotopic (exact) mass is 584 g/mol. The third kappa shape index (κ3) is 8.28. The normalized spacial score (nSPS) is 20.9. The Balaban J connectivity index is 1.56. The van der Waals surface area contributed by atoms with Gasteiger partial charge in [-0.25, -0.2) is 4.79 Å². The van der Waals surface area contributed by atoms with Gasteiger partial charge in [0, 0.05) is 42.3 Å². The maximum Gasteiger partial charge on any atom is 0.326 e. The molecule has 2 aromatic rings. The van der Waals surface area contributed by atoms with Crippen LogP contribution in [0.4, 0.5) is 0 Å². The van der Waals surface area contributed by atoms with Gasteiger partial charge in [0.15, 0.2) is 0 Å². The van der Waals surface area contributed by atoms with Gasteiger partial charge in [-0.3, -0.25) is 9.69 Å². The Kier molecular flexibility index (Phi) is 11.8. The molecule has 2 fully saturated rings. The molecular weight excluding hydrogens is 540 g/mol. The lowest BCUT2D eigenvalue weighted by Gasteiger charge is -2.25. The first kappa shape index (κ1) is 30.9. The number of carboxylic acids is 1. The van der Waals surface area contributed by atoms with E-state index in [1.165, 1.54) is 32.1 Å². The van der Waals surface area contributed by atoms with Gasteiger partial charge in [0.1, 0.15) is 6.04 Å². The number of methoxy groups -OCH3 is 1. The summed E-state index contributed by atoms with van der Waals surface area (Å²) in [6, 6.07) is 13.5. The van der Waals surface area contributed by atoms with Crippen LogP contribution < -0.4 is 5.32 Å². The summed E-state index contributed by atoms with van der Waals surface area (Å²) in [5, 5.41) is 13.9. The van der Waals surface area contributed by atoms with Crippen LogP contribution >= 0.6 is 23.5 Å². The highest BCUT2D eigenvalue weighted by Crippen LogP contribution is 2.37. The molecule has 0 radical (unpaired) electrons. The second-order valence-corrected chi connectivity index (χ2v) is 13.7. The molecule has 0 aromatic heterocycles. The summed E-state index contributed by atoms with van der Waals surface area (Å²) in [5.41, 5.74) is 4.57. The fraction of sp³-hybridized carbons (Fsp3) is 0.562. The van der Waals surface area contributed by atoms with Crippen molar-refractivity contribution >= 4 is 35.4 Å². The topological polar surface area (TPSA) is 78.9 Å². The van der Waals surface area contributed by atoms with E-state index >= 15 is 0 Å². The van der Waals surface area contributed by atoms with Gasteiger partial charge in [0.2, 0.25) is 0 Å². The minimum absolute atomic E-state index is 0.347. The number of amides is 1. The zero-order valence-electron chi connectivity index (χ0n) is 24.1. The van der Waals surface area contributed by atoms with Gasteiger partial charge < -0.3 is 15.2 Å². The number of hydrogen-bond acceptors (Lipinski definition) is 6. The van der Waals surface area contributed by atoms with E-state index in [0.717, 1.165) is 53.6 Å². The Morgan fingerprint density at radius 2 is 1.88 bits per heavy atom.